The van der Waals surface area contributed by atoms with Gasteiger partial charge in [0.1, 0.15) is 17.3 Å². The van der Waals surface area contributed by atoms with Gasteiger partial charge >= 0.3 is 11.9 Å². The molecule has 7 nitrogen and oxygen atoms in total. The van der Waals surface area contributed by atoms with Crippen LogP contribution in [0, 0.1) is 12.8 Å². The Morgan fingerprint density at radius 3 is 2.40 bits per heavy atom. The van der Waals surface area contributed by atoms with Crippen LogP contribution in [0.4, 0.5) is 0 Å². The third-order valence-corrected chi connectivity index (χ3v) is 6.33. The van der Waals surface area contributed by atoms with Gasteiger partial charge in [-0.05, 0) is 33.8 Å². The maximum atomic E-state index is 13.4. The average molecular weight is 474 g/mol. The maximum absolute atomic E-state index is 13.4. The summed E-state index contributed by atoms with van der Waals surface area (Å²) in [7, 11) is 1.29. The second-order valence-corrected chi connectivity index (χ2v) is 8.43. The van der Waals surface area contributed by atoms with Crippen LogP contribution >= 0.6 is 0 Å². The van der Waals surface area contributed by atoms with Crippen LogP contribution in [0.3, 0.4) is 0 Å². The minimum absolute atomic E-state index is 0.163. The lowest BCUT2D eigenvalue weighted by Gasteiger charge is -2.31. The van der Waals surface area contributed by atoms with Crippen LogP contribution in [-0.2, 0) is 19.1 Å². The van der Waals surface area contributed by atoms with Crippen LogP contribution in [0.2, 0.25) is 0 Å². The first-order valence-corrected chi connectivity index (χ1v) is 11.4. The molecule has 0 saturated carbocycles. The van der Waals surface area contributed by atoms with E-state index in [-0.39, 0.29) is 17.6 Å². The quantitative estimate of drug-likeness (QED) is 0.487. The fraction of sp³-hybridized carbons (Fsp3) is 0.286. The number of nitrogens with zero attached hydrogens (tertiary/aromatic N) is 1. The zero-order chi connectivity index (χ0) is 25.3. The number of methoxy groups -OCH3 is 1. The zero-order valence-electron chi connectivity index (χ0n) is 20.4. The van der Waals surface area contributed by atoms with Crippen molar-refractivity contribution >= 4 is 28.6 Å². The fourth-order valence-electron chi connectivity index (χ4n) is 4.72. The topological polar surface area (TPSA) is 95.2 Å². The average Bonchev–Trinajstić information content (AvgIpc) is 2.85. The predicted octanol–water partition coefficient (Wildman–Crippen LogP) is 4.95. The van der Waals surface area contributed by atoms with E-state index >= 15 is 0 Å². The number of aliphatic imine (C=N–C) groups is 1. The minimum Gasteiger partial charge on any atom is -0.468 e. The maximum Gasteiger partial charge on any atom is 0.336 e. The van der Waals surface area contributed by atoms with E-state index in [0.717, 1.165) is 5.56 Å². The molecule has 0 spiro atoms. The van der Waals surface area contributed by atoms with Gasteiger partial charge in [0.05, 0.1) is 24.7 Å². The highest BCUT2D eigenvalue weighted by Crippen LogP contribution is 2.43. The van der Waals surface area contributed by atoms with E-state index in [1.165, 1.54) is 7.11 Å². The number of hydrogen-bond acceptors (Lipinski definition) is 7. The molecule has 4 rings (SSSR count). The first-order valence-electron chi connectivity index (χ1n) is 11.4. The molecule has 2 atom stereocenters. The highest BCUT2D eigenvalue weighted by molar-refractivity contribution is 6.07. The van der Waals surface area contributed by atoms with Crippen LogP contribution < -0.4 is 5.43 Å². The van der Waals surface area contributed by atoms with Gasteiger partial charge in [-0.15, -0.1) is 0 Å². The Morgan fingerprint density at radius 1 is 1.03 bits per heavy atom. The molecular weight excluding hydrogens is 446 g/mol. The Kier molecular flexibility index (Phi) is 6.69. The predicted molar refractivity (Wildman–Crippen MR) is 133 cm³/mol. The molecule has 0 radical (unpaired) electrons. The number of benzene rings is 2. The van der Waals surface area contributed by atoms with E-state index in [0.29, 0.717) is 39.3 Å². The summed E-state index contributed by atoms with van der Waals surface area (Å²) in [6, 6.07) is 14.5. The second kappa shape index (κ2) is 9.70. The van der Waals surface area contributed by atoms with Crippen LogP contribution in [0.25, 0.3) is 22.3 Å². The zero-order valence-corrected chi connectivity index (χ0v) is 20.4. The van der Waals surface area contributed by atoms with Crippen molar-refractivity contribution in [3.8, 4) is 11.3 Å². The lowest BCUT2D eigenvalue weighted by atomic mass is 9.75. The van der Waals surface area contributed by atoms with Gasteiger partial charge in [0.15, 0.2) is 5.43 Å². The summed E-state index contributed by atoms with van der Waals surface area (Å²) in [6.07, 6.45) is 0. The van der Waals surface area contributed by atoms with E-state index < -0.39 is 23.8 Å². The lowest BCUT2D eigenvalue weighted by Crippen LogP contribution is -2.36. The minimum atomic E-state index is -0.888. The van der Waals surface area contributed by atoms with Gasteiger partial charge in [0.25, 0.3) is 0 Å². The summed E-state index contributed by atoms with van der Waals surface area (Å²) in [5.41, 5.74) is 3.06. The number of rotatable bonds is 5. The van der Waals surface area contributed by atoms with Crippen molar-refractivity contribution in [2.24, 2.45) is 10.9 Å². The van der Waals surface area contributed by atoms with Crippen LogP contribution in [0.1, 0.15) is 37.8 Å². The third kappa shape index (κ3) is 4.18. The van der Waals surface area contributed by atoms with Crippen molar-refractivity contribution in [1.29, 1.82) is 0 Å². The number of carbonyl (C=O) groups is 2. The van der Waals surface area contributed by atoms with Crippen molar-refractivity contribution in [2.45, 2.75) is 33.6 Å². The molecule has 0 bridgehead atoms. The molecule has 3 aromatic rings. The Morgan fingerprint density at radius 2 is 1.74 bits per heavy atom. The largest absolute Gasteiger partial charge is 0.468 e. The number of fused-ring (bicyclic) bond motifs is 1. The van der Waals surface area contributed by atoms with E-state index in [4.69, 9.17) is 13.9 Å². The van der Waals surface area contributed by atoms with Gasteiger partial charge in [0, 0.05) is 34.0 Å². The molecule has 0 fully saturated rings. The summed E-state index contributed by atoms with van der Waals surface area (Å²) in [5, 5.41) is 0.365. The number of carbonyl (C=O) groups excluding carboxylic acids is 2. The molecule has 35 heavy (non-hydrogen) atoms. The molecule has 1 aliphatic heterocycles. The molecule has 0 saturated heterocycles. The van der Waals surface area contributed by atoms with Gasteiger partial charge < -0.3 is 13.9 Å². The molecule has 2 unspecified atom stereocenters. The number of hydrogen-bond donors (Lipinski definition) is 0. The summed E-state index contributed by atoms with van der Waals surface area (Å²) in [5.74, 6) is -2.38. The molecule has 1 aliphatic rings. The summed E-state index contributed by atoms with van der Waals surface area (Å²) >= 11 is 0. The molecule has 2 aromatic carbocycles. The summed E-state index contributed by atoms with van der Waals surface area (Å²) in [4.78, 5) is 43.9. The van der Waals surface area contributed by atoms with Crippen LogP contribution in [0.15, 0.2) is 74.0 Å². The molecule has 7 heteroatoms. The summed E-state index contributed by atoms with van der Waals surface area (Å²) in [6.45, 7) is 7.03. The molecule has 0 aliphatic carbocycles. The first-order chi connectivity index (χ1) is 16.8. The first kappa shape index (κ1) is 24.1. The Labute approximate surface area is 203 Å². The Balaban J connectivity index is 2.07. The third-order valence-electron chi connectivity index (χ3n) is 6.33. The van der Waals surface area contributed by atoms with Crippen molar-refractivity contribution in [1.82, 2.24) is 0 Å². The molecule has 2 heterocycles. The fourth-order valence-corrected chi connectivity index (χ4v) is 4.72. The van der Waals surface area contributed by atoms with Crippen LogP contribution in [-0.4, -0.2) is 31.4 Å². The van der Waals surface area contributed by atoms with E-state index in [1.807, 2.05) is 30.3 Å². The molecule has 0 amide bonds. The monoisotopic (exact) mass is 473 g/mol. The van der Waals surface area contributed by atoms with Gasteiger partial charge in [-0.25, -0.2) is 4.79 Å². The van der Waals surface area contributed by atoms with Crippen molar-refractivity contribution < 1.29 is 23.5 Å². The van der Waals surface area contributed by atoms with Crippen LogP contribution in [0.5, 0.6) is 0 Å². The SMILES string of the molecule is CCOC(=O)C1=C(C)N=C(C)C(C(=O)OC)C1c1cccc2c(=O)c(C)c(-c3ccccc3)oc12. The van der Waals surface area contributed by atoms with Gasteiger partial charge in [-0.2, -0.15) is 0 Å². The number of ether oxygens (including phenoxy) is 2. The Bertz CT molecular complexity index is 1430. The van der Waals surface area contributed by atoms with Crippen molar-refractivity contribution in [3.63, 3.8) is 0 Å². The standard InChI is InChI=1S/C28H27NO6/c1-6-34-28(32)22-17(4)29-16(3)21(27(31)33-5)23(22)19-13-10-14-20-24(30)15(2)25(35-26(19)20)18-11-8-7-9-12-18/h7-14,21,23H,6H2,1-5H3. The highest BCUT2D eigenvalue weighted by atomic mass is 16.5. The Hall–Kier alpha value is -4.00. The number of allylic oxidation sites excluding steroid dienone is 1. The van der Waals surface area contributed by atoms with E-state index in [2.05, 4.69) is 4.99 Å². The van der Waals surface area contributed by atoms with Gasteiger partial charge in [-0.3, -0.25) is 14.6 Å². The van der Waals surface area contributed by atoms with E-state index in [9.17, 15) is 14.4 Å². The lowest BCUT2D eigenvalue weighted by molar-refractivity contribution is -0.144. The van der Waals surface area contributed by atoms with Crippen molar-refractivity contribution in [2.75, 3.05) is 13.7 Å². The highest BCUT2D eigenvalue weighted by Gasteiger charge is 2.43. The smallest absolute Gasteiger partial charge is 0.336 e. The molecule has 1 aromatic heterocycles. The number of esters is 2. The van der Waals surface area contributed by atoms with Crippen molar-refractivity contribution in [3.05, 3.63) is 81.2 Å². The summed E-state index contributed by atoms with van der Waals surface area (Å²) < 4.78 is 16.8. The molecular formula is C28H27NO6. The normalized spacial score (nSPS) is 17.8. The molecule has 0 N–H and O–H groups in total. The van der Waals surface area contributed by atoms with Gasteiger partial charge in [-0.1, -0.05) is 42.5 Å². The van der Waals surface area contributed by atoms with Gasteiger partial charge in [0.2, 0.25) is 0 Å². The number of para-hydroxylation sites is 1. The second-order valence-electron chi connectivity index (χ2n) is 8.43. The molecule has 180 valence electrons. The van der Waals surface area contributed by atoms with E-state index in [1.54, 1.807) is 45.9 Å².